The van der Waals surface area contributed by atoms with Crippen molar-refractivity contribution in [2.75, 3.05) is 0 Å². The van der Waals surface area contributed by atoms with Gasteiger partial charge >= 0.3 is 6.03 Å². The van der Waals surface area contributed by atoms with E-state index < -0.39 is 6.03 Å². The fourth-order valence-corrected chi connectivity index (χ4v) is 3.10. The number of halogens is 1. The Balaban J connectivity index is 1.98. The van der Waals surface area contributed by atoms with Crippen molar-refractivity contribution in [1.82, 2.24) is 10.6 Å². The first-order chi connectivity index (χ1) is 9.38. The fraction of sp³-hybridized carbons (Fsp3) is 0.467. The lowest BCUT2D eigenvalue weighted by atomic mass is 9.94. The van der Waals surface area contributed by atoms with Gasteiger partial charge in [0.2, 0.25) is 5.91 Å². The minimum absolute atomic E-state index is 0.253. The van der Waals surface area contributed by atoms with Gasteiger partial charge in [0.1, 0.15) is 0 Å². The SMILES string of the molecule is CC(=O)NC(=O)NC1(C)CC[C@@H](c2ccc(Br)cc2)C1. The number of urea groups is 1. The molecule has 0 bridgehead atoms. The summed E-state index contributed by atoms with van der Waals surface area (Å²) in [4.78, 5) is 22.5. The van der Waals surface area contributed by atoms with E-state index >= 15 is 0 Å². The Bertz CT molecular complexity index is 515. The number of imide groups is 1. The summed E-state index contributed by atoms with van der Waals surface area (Å²) in [5.74, 6) is 0.110. The molecule has 0 radical (unpaired) electrons. The van der Waals surface area contributed by atoms with Gasteiger partial charge in [0.05, 0.1) is 0 Å². The summed E-state index contributed by atoms with van der Waals surface area (Å²) in [6, 6.07) is 7.92. The van der Waals surface area contributed by atoms with Crippen LogP contribution in [-0.4, -0.2) is 17.5 Å². The first-order valence-corrected chi connectivity index (χ1v) is 7.52. The van der Waals surface area contributed by atoms with E-state index in [1.807, 2.05) is 19.1 Å². The number of carbonyl (C=O) groups excluding carboxylic acids is 2. The summed E-state index contributed by atoms with van der Waals surface area (Å²) in [6.45, 7) is 3.37. The number of rotatable bonds is 2. The van der Waals surface area contributed by atoms with Crippen molar-refractivity contribution >= 4 is 27.9 Å². The highest BCUT2D eigenvalue weighted by Gasteiger charge is 2.36. The van der Waals surface area contributed by atoms with E-state index in [1.165, 1.54) is 12.5 Å². The Kier molecular flexibility index (Phi) is 4.48. The predicted molar refractivity (Wildman–Crippen MR) is 81.5 cm³/mol. The van der Waals surface area contributed by atoms with Gasteiger partial charge in [0, 0.05) is 16.9 Å². The smallest absolute Gasteiger partial charge is 0.321 e. The monoisotopic (exact) mass is 338 g/mol. The molecular weight excluding hydrogens is 320 g/mol. The average molecular weight is 339 g/mol. The van der Waals surface area contributed by atoms with Crippen LogP contribution in [0.5, 0.6) is 0 Å². The summed E-state index contributed by atoms with van der Waals surface area (Å²) in [5.41, 5.74) is 1.04. The molecule has 2 atom stereocenters. The molecule has 1 unspecified atom stereocenters. The van der Waals surface area contributed by atoms with E-state index in [9.17, 15) is 9.59 Å². The highest BCUT2D eigenvalue weighted by Crippen LogP contribution is 2.40. The maximum Gasteiger partial charge on any atom is 0.321 e. The summed E-state index contributed by atoms with van der Waals surface area (Å²) < 4.78 is 1.07. The van der Waals surface area contributed by atoms with Gasteiger partial charge in [-0.3, -0.25) is 10.1 Å². The highest BCUT2D eigenvalue weighted by atomic mass is 79.9. The number of carbonyl (C=O) groups is 2. The number of hydrogen-bond donors (Lipinski definition) is 2. The van der Waals surface area contributed by atoms with Crippen molar-refractivity contribution in [3.63, 3.8) is 0 Å². The van der Waals surface area contributed by atoms with E-state index in [0.717, 1.165) is 23.7 Å². The molecular formula is C15H19BrN2O2. The molecule has 0 spiro atoms. The van der Waals surface area contributed by atoms with E-state index in [4.69, 9.17) is 0 Å². The zero-order valence-electron chi connectivity index (χ0n) is 11.7. The topological polar surface area (TPSA) is 58.2 Å². The standard InChI is InChI=1S/C15H19BrN2O2/c1-10(19)17-14(20)18-15(2)8-7-12(9-15)11-3-5-13(16)6-4-11/h3-6,12H,7-9H2,1-2H3,(H2,17,18,19,20)/t12-,15?/m1/s1. The maximum absolute atomic E-state index is 11.7. The minimum Gasteiger partial charge on any atom is -0.333 e. The summed E-state index contributed by atoms with van der Waals surface area (Å²) in [5, 5.41) is 5.18. The lowest BCUT2D eigenvalue weighted by Crippen LogP contribution is -2.49. The van der Waals surface area contributed by atoms with Crippen LogP contribution in [0.3, 0.4) is 0 Å². The predicted octanol–water partition coefficient (Wildman–Crippen LogP) is 3.32. The first-order valence-electron chi connectivity index (χ1n) is 6.73. The average Bonchev–Trinajstić information content (AvgIpc) is 2.71. The van der Waals surface area contributed by atoms with Gasteiger partial charge < -0.3 is 5.32 Å². The molecule has 0 heterocycles. The van der Waals surface area contributed by atoms with Crippen molar-refractivity contribution in [3.05, 3.63) is 34.3 Å². The highest BCUT2D eigenvalue weighted by molar-refractivity contribution is 9.10. The molecule has 1 aromatic rings. The zero-order valence-corrected chi connectivity index (χ0v) is 13.3. The summed E-state index contributed by atoms with van der Waals surface area (Å²) in [6.07, 6.45) is 2.84. The zero-order chi connectivity index (χ0) is 14.8. The Morgan fingerprint density at radius 2 is 1.95 bits per heavy atom. The lowest BCUT2D eigenvalue weighted by Gasteiger charge is -2.26. The van der Waals surface area contributed by atoms with Crippen molar-refractivity contribution in [3.8, 4) is 0 Å². The van der Waals surface area contributed by atoms with E-state index in [1.54, 1.807) is 0 Å². The molecule has 4 nitrogen and oxygen atoms in total. The van der Waals surface area contributed by atoms with Crippen molar-refractivity contribution in [2.45, 2.75) is 44.6 Å². The quantitative estimate of drug-likeness (QED) is 0.868. The molecule has 20 heavy (non-hydrogen) atoms. The van der Waals surface area contributed by atoms with Crippen LogP contribution in [0.4, 0.5) is 4.79 Å². The van der Waals surface area contributed by atoms with Gasteiger partial charge in [-0.1, -0.05) is 28.1 Å². The molecule has 1 aromatic carbocycles. The van der Waals surface area contributed by atoms with Crippen molar-refractivity contribution in [2.24, 2.45) is 0 Å². The van der Waals surface area contributed by atoms with Crippen LogP contribution in [-0.2, 0) is 4.79 Å². The first kappa shape index (κ1) is 15.0. The Hall–Kier alpha value is -1.36. The second-order valence-corrected chi connectivity index (χ2v) is 6.60. The van der Waals surface area contributed by atoms with Gasteiger partial charge in [-0.15, -0.1) is 0 Å². The molecule has 3 amide bonds. The normalized spacial score (nSPS) is 25.2. The number of amides is 3. The van der Waals surface area contributed by atoms with Crippen molar-refractivity contribution < 1.29 is 9.59 Å². The van der Waals surface area contributed by atoms with Crippen LogP contribution in [0.2, 0.25) is 0 Å². The Labute approximate surface area is 127 Å². The van der Waals surface area contributed by atoms with Crippen LogP contribution in [0.15, 0.2) is 28.7 Å². The second kappa shape index (κ2) is 5.95. The van der Waals surface area contributed by atoms with E-state index in [2.05, 4.69) is 38.7 Å². The molecule has 2 N–H and O–H groups in total. The van der Waals surface area contributed by atoms with Crippen LogP contribution in [0.25, 0.3) is 0 Å². The molecule has 5 heteroatoms. The molecule has 1 aliphatic rings. The van der Waals surface area contributed by atoms with E-state index in [0.29, 0.717) is 5.92 Å². The largest absolute Gasteiger partial charge is 0.333 e. The van der Waals surface area contributed by atoms with Gasteiger partial charge in [-0.25, -0.2) is 4.79 Å². The van der Waals surface area contributed by atoms with E-state index in [-0.39, 0.29) is 11.4 Å². The van der Waals surface area contributed by atoms with Gasteiger partial charge in [-0.2, -0.15) is 0 Å². The minimum atomic E-state index is -0.406. The number of benzene rings is 1. The molecule has 0 aromatic heterocycles. The van der Waals surface area contributed by atoms with Crippen LogP contribution in [0.1, 0.15) is 44.6 Å². The lowest BCUT2D eigenvalue weighted by molar-refractivity contribution is -0.117. The summed E-state index contributed by atoms with van der Waals surface area (Å²) in [7, 11) is 0. The van der Waals surface area contributed by atoms with Gasteiger partial charge in [-0.05, 0) is 49.8 Å². The number of nitrogens with one attached hydrogen (secondary N) is 2. The third-order valence-corrected chi connectivity index (χ3v) is 4.32. The van der Waals surface area contributed by atoms with Crippen LogP contribution < -0.4 is 10.6 Å². The molecule has 0 aliphatic heterocycles. The maximum atomic E-state index is 11.7. The van der Waals surface area contributed by atoms with Gasteiger partial charge in [0.25, 0.3) is 0 Å². The second-order valence-electron chi connectivity index (χ2n) is 5.69. The van der Waals surface area contributed by atoms with Gasteiger partial charge in [0.15, 0.2) is 0 Å². The van der Waals surface area contributed by atoms with Crippen molar-refractivity contribution in [1.29, 1.82) is 0 Å². The third-order valence-electron chi connectivity index (χ3n) is 3.79. The molecule has 2 rings (SSSR count). The Morgan fingerprint density at radius 3 is 2.55 bits per heavy atom. The molecule has 1 saturated carbocycles. The van der Waals surface area contributed by atoms with Crippen LogP contribution in [0, 0.1) is 0 Å². The molecule has 1 fully saturated rings. The number of hydrogen-bond acceptors (Lipinski definition) is 2. The molecule has 108 valence electrons. The summed E-state index contributed by atoms with van der Waals surface area (Å²) >= 11 is 3.43. The van der Waals surface area contributed by atoms with Crippen LogP contribution >= 0.6 is 15.9 Å². The Morgan fingerprint density at radius 1 is 1.30 bits per heavy atom. The molecule has 0 saturated heterocycles. The third kappa shape index (κ3) is 3.82. The fourth-order valence-electron chi connectivity index (χ4n) is 2.84. The molecule has 1 aliphatic carbocycles.